The molecule has 1 heterocycles. The maximum absolute atomic E-state index is 12.5. The van der Waals surface area contributed by atoms with Crippen LogP contribution in [0.15, 0.2) is 36.4 Å². The normalized spacial score (nSPS) is 19.8. The summed E-state index contributed by atoms with van der Waals surface area (Å²) in [7, 11) is 1.50. The number of hydrogen-bond donors (Lipinski definition) is 2. The zero-order valence-electron chi connectivity index (χ0n) is 20.6. The SMILES string of the molecule is COc1cc2c(cc1CC(=O)O)nc(Nc1ccc(OC(F)(F)F)cc1)n2C1CC(C)CC(C)(C)C1. The first-order valence-corrected chi connectivity index (χ1v) is 11.8. The molecule has 4 rings (SSSR count). The van der Waals surface area contributed by atoms with Gasteiger partial charge in [0.1, 0.15) is 11.5 Å². The van der Waals surface area contributed by atoms with Crippen LogP contribution in [0.5, 0.6) is 11.5 Å². The number of aromatic nitrogens is 2. The highest BCUT2D eigenvalue weighted by molar-refractivity contribution is 5.84. The first-order chi connectivity index (χ1) is 16.8. The Morgan fingerprint density at radius 1 is 1.22 bits per heavy atom. The lowest BCUT2D eigenvalue weighted by Crippen LogP contribution is -2.29. The summed E-state index contributed by atoms with van der Waals surface area (Å²) in [6.07, 6.45) is -2.02. The van der Waals surface area contributed by atoms with E-state index in [2.05, 4.69) is 35.4 Å². The van der Waals surface area contributed by atoms with Crippen molar-refractivity contribution in [3.8, 4) is 11.5 Å². The number of aliphatic carboxylic acids is 1. The third-order valence-corrected chi connectivity index (χ3v) is 6.51. The van der Waals surface area contributed by atoms with Crippen molar-refractivity contribution in [3.05, 3.63) is 42.0 Å². The Hall–Kier alpha value is -3.43. The third-order valence-electron chi connectivity index (χ3n) is 6.51. The lowest BCUT2D eigenvalue weighted by Gasteiger charge is -2.40. The topological polar surface area (TPSA) is 85.6 Å². The Morgan fingerprint density at radius 2 is 1.92 bits per heavy atom. The number of methoxy groups -OCH3 is 1. The lowest BCUT2D eigenvalue weighted by molar-refractivity contribution is -0.274. The molecule has 1 aliphatic carbocycles. The highest BCUT2D eigenvalue weighted by Crippen LogP contribution is 2.46. The minimum atomic E-state index is -4.76. The number of rotatable bonds is 7. The molecule has 3 aromatic rings. The van der Waals surface area contributed by atoms with E-state index in [9.17, 15) is 23.1 Å². The molecule has 2 unspecified atom stereocenters. The van der Waals surface area contributed by atoms with Crippen molar-refractivity contribution in [1.82, 2.24) is 9.55 Å². The number of nitrogens with one attached hydrogen (secondary N) is 1. The van der Waals surface area contributed by atoms with E-state index in [0.29, 0.717) is 34.4 Å². The molecule has 0 saturated heterocycles. The molecule has 10 heteroatoms. The fourth-order valence-corrected chi connectivity index (χ4v) is 5.48. The van der Waals surface area contributed by atoms with Gasteiger partial charge in [-0.25, -0.2) is 4.98 Å². The number of carbonyl (C=O) groups is 1. The van der Waals surface area contributed by atoms with Gasteiger partial charge in [0.2, 0.25) is 5.95 Å². The summed E-state index contributed by atoms with van der Waals surface area (Å²) in [6.45, 7) is 6.71. The van der Waals surface area contributed by atoms with Crippen molar-refractivity contribution in [2.45, 2.75) is 58.9 Å². The molecule has 0 bridgehead atoms. The monoisotopic (exact) mass is 505 g/mol. The van der Waals surface area contributed by atoms with E-state index in [-0.39, 0.29) is 23.6 Å². The smallest absolute Gasteiger partial charge is 0.496 e. The number of carboxylic acids is 1. The van der Waals surface area contributed by atoms with Crippen molar-refractivity contribution in [1.29, 1.82) is 0 Å². The standard InChI is InChI=1S/C26H30F3N3O4/c1-15-9-18(14-25(2,3)13-15)32-21-12-22(35-4)16(11-23(33)34)10-20(21)31-24(32)30-17-5-7-19(8-6-17)36-26(27,28)29/h5-8,10,12,15,18H,9,11,13-14H2,1-4H3,(H,30,31)(H,33,34). The second-order valence-electron chi connectivity index (χ2n) is 10.3. The summed E-state index contributed by atoms with van der Waals surface area (Å²) in [4.78, 5) is 16.2. The van der Waals surface area contributed by atoms with E-state index in [1.807, 2.05) is 6.07 Å². The average Bonchev–Trinajstić information content (AvgIpc) is 3.08. The maximum Gasteiger partial charge on any atom is 0.573 e. The van der Waals surface area contributed by atoms with Gasteiger partial charge in [0.05, 0.1) is 24.6 Å². The number of hydrogen-bond acceptors (Lipinski definition) is 5. The second kappa shape index (κ2) is 9.55. The van der Waals surface area contributed by atoms with Crippen LogP contribution in [-0.2, 0) is 11.2 Å². The molecule has 7 nitrogen and oxygen atoms in total. The average molecular weight is 506 g/mol. The van der Waals surface area contributed by atoms with Crippen LogP contribution in [0.4, 0.5) is 24.8 Å². The fraction of sp³-hybridized carbons (Fsp3) is 0.462. The number of halogens is 3. The summed E-state index contributed by atoms with van der Waals surface area (Å²) in [5, 5.41) is 12.6. The van der Waals surface area contributed by atoms with Crippen LogP contribution in [0, 0.1) is 11.3 Å². The zero-order chi connectivity index (χ0) is 26.3. The van der Waals surface area contributed by atoms with Crippen LogP contribution >= 0.6 is 0 Å². The van der Waals surface area contributed by atoms with Gasteiger partial charge in [-0.15, -0.1) is 13.2 Å². The number of ether oxygens (including phenoxy) is 2. The Bertz CT molecular complexity index is 1250. The number of carboxylic acid groups (broad SMARTS) is 1. The highest BCUT2D eigenvalue weighted by atomic mass is 19.4. The maximum atomic E-state index is 12.5. The number of anilines is 2. The molecule has 194 valence electrons. The summed E-state index contributed by atoms with van der Waals surface area (Å²) in [5.74, 6) is 0.186. The van der Waals surface area contributed by atoms with Crippen molar-refractivity contribution in [2.24, 2.45) is 11.3 Å². The quantitative estimate of drug-likeness (QED) is 0.372. The summed E-state index contributed by atoms with van der Waals surface area (Å²) < 4.78 is 49.2. The first-order valence-electron chi connectivity index (χ1n) is 11.8. The molecule has 0 aliphatic heterocycles. The van der Waals surface area contributed by atoms with Gasteiger partial charge < -0.3 is 24.5 Å². The van der Waals surface area contributed by atoms with Crippen molar-refractivity contribution < 1.29 is 32.5 Å². The highest BCUT2D eigenvalue weighted by Gasteiger charge is 2.35. The van der Waals surface area contributed by atoms with Crippen molar-refractivity contribution >= 4 is 28.6 Å². The van der Waals surface area contributed by atoms with Gasteiger partial charge in [-0.1, -0.05) is 20.8 Å². The van der Waals surface area contributed by atoms with E-state index in [0.717, 1.165) is 24.8 Å². The van der Waals surface area contributed by atoms with Gasteiger partial charge in [0.25, 0.3) is 0 Å². The van der Waals surface area contributed by atoms with Crippen LogP contribution < -0.4 is 14.8 Å². The molecule has 0 spiro atoms. The molecule has 1 fully saturated rings. The number of nitrogens with zero attached hydrogens (tertiary/aromatic N) is 2. The number of imidazole rings is 1. The van der Waals surface area contributed by atoms with E-state index in [1.165, 1.54) is 31.4 Å². The Kier molecular flexibility index (Phi) is 6.81. The molecule has 1 aliphatic rings. The van der Waals surface area contributed by atoms with E-state index < -0.39 is 12.3 Å². The van der Waals surface area contributed by atoms with Crippen LogP contribution in [0.3, 0.4) is 0 Å². The Morgan fingerprint density at radius 3 is 2.50 bits per heavy atom. The molecule has 0 amide bonds. The predicted octanol–water partition coefficient (Wildman–Crippen LogP) is 6.70. The van der Waals surface area contributed by atoms with Crippen molar-refractivity contribution in [3.63, 3.8) is 0 Å². The van der Waals surface area contributed by atoms with Crippen molar-refractivity contribution in [2.75, 3.05) is 12.4 Å². The van der Waals surface area contributed by atoms with Crippen LogP contribution in [0.1, 0.15) is 51.6 Å². The Labute approximate surface area is 207 Å². The van der Waals surface area contributed by atoms with Gasteiger partial charge >= 0.3 is 12.3 Å². The summed E-state index contributed by atoms with van der Waals surface area (Å²) >= 11 is 0. The van der Waals surface area contributed by atoms with Gasteiger partial charge in [-0.05, 0) is 60.9 Å². The predicted molar refractivity (Wildman–Crippen MR) is 130 cm³/mol. The molecule has 2 aromatic carbocycles. The summed E-state index contributed by atoms with van der Waals surface area (Å²) in [5.41, 5.74) is 2.58. The van der Waals surface area contributed by atoms with Crippen LogP contribution in [-0.4, -0.2) is 34.1 Å². The minimum absolute atomic E-state index is 0.110. The number of fused-ring (bicyclic) bond motifs is 1. The van der Waals surface area contributed by atoms with E-state index in [4.69, 9.17) is 9.72 Å². The zero-order valence-corrected chi connectivity index (χ0v) is 20.6. The van der Waals surface area contributed by atoms with E-state index >= 15 is 0 Å². The molecule has 36 heavy (non-hydrogen) atoms. The first kappa shape index (κ1) is 25.7. The van der Waals surface area contributed by atoms with Gasteiger partial charge in [0, 0.05) is 23.4 Å². The number of benzene rings is 2. The molecular weight excluding hydrogens is 475 g/mol. The minimum Gasteiger partial charge on any atom is -0.496 e. The van der Waals surface area contributed by atoms with Gasteiger partial charge in [-0.2, -0.15) is 0 Å². The van der Waals surface area contributed by atoms with Crippen LogP contribution in [0.25, 0.3) is 11.0 Å². The lowest BCUT2D eigenvalue weighted by atomic mass is 9.70. The number of alkyl halides is 3. The molecular formula is C26H30F3N3O4. The van der Waals surface area contributed by atoms with Gasteiger partial charge in [0.15, 0.2) is 0 Å². The fourth-order valence-electron chi connectivity index (χ4n) is 5.48. The second-order valence-corrected chi connectivity index (χ2v) is 10.3. The third kappa shape index (κ3) is 5.85. The molecule has 0 radical (unpaired) electrons. The molecule has 1 saturated carbocycles. The largest absolute Gasteiger partial charge is 0.573 e. The molecule has 2 N–H and O–H groups in total. The molecule has 1 aromatic heterocycles. The summed E-state index contributed by atoms with van der Waals surface area (Å²) in [6, 6.07) is 9.12. The van der Waals surface area contributed by atoms with E-state index in [1.54, 1.807) is 6.07 Å². The van der Waals surface area contributed by atoms with Gasteiger partial charge in [-0.3, -0.25) is 4.79 Å². The molecule has 2 atom stereocenters. The Balaban J connectivity index is 1.78. The van der Waals surface area contributed by atoms with Crippen LogP contribution in [0.2, 0.25) is 0 Å².